The van der Waals surface area contributed by atoms with Gasteiger partial charge >= 0.3 is 6.16 Å². The Morgan fingerprint density at radius 2 is 1.47 bits per heavy atom. The molecule has 0 heterocycles. The van der Waals surface area contributed by atoms with Gasteiger partial charge in [-0.15, -0.1) is 0 Å². The molecule has 0 atom stereocenters. The Labute approximate surface area is 98.3 Å². The fraction of sp³-hybridized carbons (Fsp3) is 0.364. The minimum Gasteiger partial charge on any atom is -0.504 e. The number of phenolic OH excluding ortho intramolecular Hbond substituents is 1. The quantitative estimate of drug-likeness (QED) is 0.623. The van der Waals surface area contributed by atoms with Gasteiger partial charge in [0.25, 0.3) is 0 Å². The summed E-state index contributed by atoms with van der Waals surface area (Å²) in [6, 6.07) is 0. The summed E-state index contributed by atoms with van der Waals surface area (Å²) >= 11 is 0. The molecule has 0 aromatic heterocycles. The first-order valence-corrected chi connectivity index (χ1v) is 4.78. The Kier molecular flexibility index (Phi) is 3.67. The van der Waals surface area contributed by atoms with Crippen LogP contribution in [0.25, 0.3) is 0 Å². The summed E-state index contributed by atoms with van der Waals surface area (Å²) in [5.74, 6) is 0.259. The van der Waals surface area contributed by atoms with Crippen LogP contribution in [0.15, 0.2) is 0 Å². The van der Waals surface area contributed by atoms with Crippen LogP contribution >= 0.6 is 0 Å². The number of aromatic hydroxyl groups is 1. The van der Waals surface area contributed by atoms with Crippen LogP contribution in [-0.2, 0) is 0 Å². The summed E-state index contributed by atoms with van der Waals surface area (Å²) in [5.41, 5.74) is 0.709. The van der Waals surface area contributed by atoms with E-state index in [-0.39, 0.29) is 11.5 Å². The number of methoxy groups -OCH3 is 2. The van der Waals surface area contributed by atoms with Crippen molar-refractivity contribution in [1.82, 2.24) is 0 Å². The zero-order chi connectivity index (χ0) is 13.2. The minimum absolute atomic E-state index is 0.146. The maximum atomic E-state index is 10.5. The van der Waals surface area contributed by atoms with E-state index in [0.717, 1.165) is 0 Å². The molecule has 0 saturated heterocycles. The molecule has 94 valence electrons. The first-order chi connectivity index (χ1) is 7.93. The molecule has 0 amide bonds. The molecule has 6 nitrogen and oxygen atoms in total. The lowest BCUT2D eigenvalue weighted by Crippen LogP contribution is -2.07. The van der Waals surface area contributed by atoms with Crippen LogP contribution in [0.2, 0.25) is 0 Å². The molecule has 0 unspecified atom stereocenters. The van der Waals surface area contributed by atoms with Crippen molar-refractivity contribution in [3.05, 3.63) is 11.1 Å². The summed E-state index contributed by atoms with van der Waals surface area (Å²) in [6.45, 7) is 3.14. The second kappa shape index (κ2) is 4.82. The topological polar surface area (TPSA) is 85.2 Å². The van der Waals surface area contributed by atoms with Gasteiger partial charge in [-0.2, -0.15) is 0 Å². The Morgan fingerprint density at radius 1 is 1.00 bits per heavy atom. The Bertz CT molecular complexity index is 452. The molecule has 17 heavy (non-hydrogen) atoms. The third-order valence-corrected chi connectivity index (χ3v) is 2.40. The Hall–Kier alpha value is -2.11. The predicted molar refractivity (Wildman–Crippen MR) is 59.3 cm³/mol. The molecule has 1 aromatic carbocycles. The lowest BCUT2D eigenvalue weighted by Gasteiger charge is -2.17. The first kappa shape index (κ1) is 13.0. The van der Waals surface area contributed by atoms with Gasteiger partial charge in [-0.05, 0) is 13.8 Å². The van der Waals surface area contributed by atoms with Gasteiger partial charge in [-0.1, -0.05) is 0 Å². The fourth-order valence-corrected chi connectivity index (χ4v) is 1.60. The second-order valence-electron chi connectivity index (χ2n) is 3.36. The average molecular weight is 242 g/mol. The number of carbonyl (C=O) groups is 1. The molecule has 6 heteroatoms. The van der Waals surface area contributed by atoms with Crippen molar-refractivity contribution in [3.8, 4) is 23.0 Å². The third-order valence-electron chi connectivity index (χ3n) is 2.40. The van der Waals surface area contributed by atoms with E-state index in [1.54, 1.807) is 13.8 Å². The van der Waals surface area contributed by atoms with Gasteiger partial charge in [-0.25, -0.2) is 4.79 Å². The van der Waals surface area contributed by atoms with E-state index in [9.17, 15) is 9.90 Å². The molecule has 0 aliphatic rings. The predicted octanol–water partition coefficient (Wildman–Crippen LogP) is 2.08. The van der Waals surface area contributed by atoms with Crippen LogP contribution in [0.3, 0.4) is 0 Å². The molecule has 1 aromatic rings. The van der Waals surface area contributed by atoms with Crippen molar-refractivity contribution in [2.24, 2.45) is 0 Å². The van der Waals surface area contributed by atoms with E-state index in [1.165, 1.54) is 14.2 Å². The highest BCUT2D eigenvalue weighted by molar-refractivity contribution is 5.70. The number of phenols is 1. The highest BCUT2D eigenvalue weighted by atomic mass is 16.7. The maximum Gasteiger partial charge on any atom is 0.511 e. The van der Waals surface area contributed by atoms with E-state index < -0.39 is 6.16 Å². The number of hydrogen-bond acceptors (Lipinski definition) is 5. The van der Waals surface area contributed by atoms with Crippen LogP contribution in [0.4, 0.5) is 4.79 Å². The lowest BCUT2D eigenvalue weighted by molar-refractivity contribution is 0.142. The molecule has 0 aliphatic carbocycles. The van der Waals surface area contributed by atoms with E-state index >= 15 is 0 Å². The van der Waals surface area contributed by atoms with E-state index in [4.69, 9.17) is 14.6 Å². The molecular weight excluding hydrogens is 228 g/mol. The molecule has 0 spiro atoms. The van der Waals surface area contributed by atoms with Crippen molar-refractivity contribution in [1.29, 1.82) is 0 Å². The maximum absolute atomic E-state index is 10.5. The highest BCUT2D eigenvalue weighted by Crippen LogP contribution is 2.47. The number of hydrogen-bond donors (Lipinski definition) is 2. The summed E-state index contributed by atoms with van der Waals surface area (Å²) in [4.78, 5) is 10.5. The van der Waals surface area contributed by atoms with Crippen LogP contribution < -0.4 is 14.2 Å². The van der Waals surface area contributed by atoms with E-state index in [1.807, 2.05) is 0 Å². The Balaban J connectivity index is 3.52. The van der Waals surface area contributed by atoms with Gasteiger partial charge in [-0.3, -0.25) is 0 Å². The molecular formula is C11H14O6. The van der Waals surface area contributed by atoms with Crippen molar-refractivity contribution in [2.45, 2.75) is 13.8 Å². The summed E-state index contributed by atoms with van der Waals surface area (Å²) in [7, 11) is 2.85. The van der Waals surface area contributed by atoms with Crippen LogP contribution in [-0.4, -0.2) is 30.6 Å². The number of carboxylic acid groups (broad SMARTS) is 1. The third kappa shape index (κ3) is 2.20. The fourth-order valence-electron chi connectivity index (χ4n) is 1.60. The monoisotopic (exact) mass is 242 g/mol. The molecule has 0 radical (unpaired) electrons. The zero-order valence-electron chi connectivity index (χ0n) is 10.0. The number of ether oxygens (including phenoxy) is 3. The summed E-state index contributed by atoms with van der Waals surface area (Å²) in [6.07, 6.45) is -1.50. The largest absolute Gasteiger partial charge is 0.511 e. The molecule has 2 N–H and O–H groups in total. The standard InChI is InChI=1S/C11H14O6/c1-5-7(12)8(17-11(13)14)6(2)10(16-4)9(5)15-3/h12H,1-4H3,(H,13,14). The minimum atomic E-state index is -1.50. The normalized spacial score (nSPS) is 9.88. The van der Waals surface area contributed by atoms with Gasteiger partial charge in [0, 0.05) is 11.1 Å². The smallest absolute Gasteiger partial charge is 0.504 e. The van der Waals surface area contributed by atoms with Gasteiger partial charge in [0.05, 0.1) is 14.2 Å². The van der Waals surface area contributed by atoms with Gasteiger partial charge in [0.15, 0.2) is 23.0 Å². The van der Waals surface area contributed by atoms with Crippen LogP contribution in [0.5, 0.6) is 23.0 Å². The highest BCUT2D eigenvalue weighted by Gasteiger charge is 2.23. The summed E-state index contributed by atoms with van der Waals surface area (Å²) in [5, 5.41) is 18.4. The van der Waals surface area contributed by atoms with E-state index in [2.05, 4.69) is 4.74 Å². The zero-order valence-corrected chi connectivity index (χ0v) is 10.0. The first-order valence-electron chi connectivity index (χ1n) is 4.78. The van der Waals surface area contributed by atoms with Crippen molar-refractivity contribution < 1.29 is 29.2 Å². The Morgan fingerprint density at radius 3 is 1.88 bits per heavy atom. The van der Waals surface area contributed by atoms with Gasteiger partial charge < -0.3 is 24.4 Å². The lowest BCUT2D eigenvalue weighted by atomic mass is 10.1. The number of rotatable bonds is 3. The number of benzene rings is 1. The molecule has 1 rings (SSSR count). The van der Waals surface area contributed by atoms with Crippen LogP contribution in [0.1, 0.15) is 11.1 Å². The van der Waals surface area contributed by atoms with Gasteiger partial charge in [0.2, 0.25) is 0 Å². The molecule has 0 aliphatic heterocycles. The second-order valence-corrected chi connectivity index (χ2v) is 3.36. The van der Waals surface area contributed by atoms with Crippen molar-refractivity contribution in [2.75, 3.05) is 14.2 Å². The van der Waals surface area contributed by atoms with Gasteiger partial charge in [0.1, 0.15) is 0 Å². The van der Waals surface area contributed by atoms with Crippen LogP contribution in [0, 0.1) is 13.8 Å². The van der Waals surface area contributed by atoms with Crippen molar-refractivity contribution >= 4 is 6.16 Å². The molecule has 0 fully saturated rings. The molecule has 0 saturated carbocycles. The summed E-state index contributed by atoms with van der Waals surface area (Å²) < 4.78 is 14.7. The molecule has 0 bridgehead atoms. The van der Waals surface area contributed by atoms with E-state index in [0.29, 0.717) is 22.6 Å². The average Bonchev–Trinajstić information content (AvgIpc) is 2.28. The van der Waals surface area contributed by atoms with Crippen molar-refractivity contribution in [3.63, 3.8) is 0 Å². The SMILES string of the molecule is COc1c(C)c(O)c(OC(=O)O)c(C)c1OC.